The van der Waals surface area contributed by atoms with Gasteiger partial charge in [0.25, 0.3) is 0 Å². The summed E-state index contributed by atoms with van der Waals surface area (Å²) < 4.78 is 5.31. The highest BCUT2D eigenvalue weighted by Crippen LogP contribution is 2.07. The van der Waals surface area contributed by atoms with Gasteiger partial charge < -0.3 is 15.4 Å². The molecule has 0 bridgehead atoms. The maximum atomic E-state index is 11.8. The van der Waals surface area contributed by atoms with Gasteiger partial charge >= 0.3 is 6.03 Å². The third-order valence-electron chi connectivity index (χ3n) is 3.44. The van der Waals surface area contributed by atoms with Crippen LogP contribution in [0.2, 0.25) is 5.02 Å². The molecule has 1 aliphatic rings. The van der Waals surface area contributed by atoms with Crippen molar-refractivity contribution in [3.63, 3.8) is 0 Å². The Kier molecular flexibility index (Phi) is 6.22. The van der Waals surface area contributed by atoms with Gasteiger partial charge in [-0.05, 0) is 19.1 Å². The Labute approximate surface area is 129 Å². The van der Waals surface area contributed by atoms with Gasteiger partial charge in [-0.3, -0.25) is 9.88 Å². The van der Waals surface area contributed by atoms with E-state index in [1.165, 1.54) is 0 Å². The number of aromatic nitrogens is 1. The van der Waals surface area contributed by atoms with Crippen molar-refractivity contribution in [1.29, 1.82) is 0 Å². The van der Waals surface area contributed by atoms with Crippen molar-refractivity contribution in [1.82, 2.24) is 20.5 Å². The third-order valence-corrected chi connectivity index (χ3v) is 3.67. The second kappa shape index (κ2) is 8.17. The number of rotatable bonds is 5. The Hall–Kier alpha value is -1.37. The lowest BCUT2D eigenvalue weighted by Crippen LogP contribution is -2.48. The molecule has 1 fully saturated rings. The maximum Gasteiger partial charge on any atom is 0.315 e. The second-order valence-electron chi connectivity index (χ2n) is 5.03. The zero-order chi connectivity index (χ0) is 15.1. The SMILES string of the molecule is C[C@H](CNC(=O)NCc1cc(Cl)ccn1)N1CCOCC1. The van der Waals surface area contributed by atoms with Gasteiger partial charge in [0.05, 0.1) is 25.5 Å². The van der Waals surface area contributed by atoms with Gasteiger partial charge in [-0.1, -0.05) is 11.6 Å². The number of pyridine rings is 1. The summed E-state index contributed by atoms with van der Waals surface area (Å²) in [4.78, 5) is 18.2. The summed E-state index contributed by atoms with van der Waals surface area (Å²) in [6.45, 7) is 6.42. The largest absolute Gasteiger partial charge is 0.379 e. The van der Waals surface area contributed by atoms with Gasteiger partial charge in [0.2, 0.25) is 0 Å². The smallest absolute Gasteiger partial charge is 0.315 e. The van der Waals surface area contributed by atoms with Crippen LogP contribution in [0.1, 0.15) is 12.6 Å². The first kappa shape index (κ1) is 16.0. The zero-order valence-corrected chi connectivity index (χ0v) is 12.9. The molecule has 2 amide bonds. The van der Waals surface area contributed by atoms with Crippen LogP contribution in [0.3, 0.4) is 0 Å². The van der Waals surface area contributed by atoms with E-state index in [0.29, 0.717) is 24.2 Å². The monoisotopic (exact) mass is 312 g/mol. The van der Waals surface area contributed by atoms with Crippen molar-refractivity contribution in [3.8, 4) is 0 Å². The molecule has 1 saturated heterocycles. The fourth-order valence-electron chi connectivity index (χ4n) is 2.17. The fourth-order valence-corrected chi connectivity index (χ4v) is 2.35. The molecule has 2 N–H and O–H groups in total. The molecule has 0 radical (unpaired) electrons. The van der Waals surface area contributed by atoms with Crippen molar-refractivity contribution >= 4 is 17.6 Å². The van der Waals surface area contributed by atoms with Crippen LogP contribution in [0.5, 0.6) is 0 Å². The van der Waals surface area contributed by atoms with Crippen molar-refractivity contribution in [2.24, 2.45) is 0 Å². The van der Waals surface area contributed by atoms with E-state index in [9.17, 15) is 4.79 Å². The first-order valence-electron chi connectivity index (χ1n) is 7.09. The van der Waals surface area contributed by atoms with Crippen molar-refractivity contribution in [2.75, 3.05) is 32.8 Å². The quantitative estimate of drug-likeness (QED) is 0.859. The van der Waals surface area contributed by atoms with Crippen LogP contribution in [0.25, 0.3) is 0 Å². The number of morpholine rings is 1. The number of carbonyl (C=O) groups excluding carboxylic acids is 1. The van der Waals surface area contributed by atoms with E-state index < -0.39 is 0 Å². The minimum atomic E-state index is -0.197. The first-order valence-corrected chi connectivity index (χ1v) is 7.47. The topological polar surface area (TPSA) is 66.5 Å². The van der Waals surface area contributed by atoms with E-state index in [-0.39, 0.29) is 6.03 Å². The molecule has 0 spiro atoms. The molecule has 0 aliphatic carbocycles. The van der Waals surface area contributed by atoms with Crippen LogP contribution in [0, 0.1) is 0 Å². The highest BCUT2D eigenvalue weighted by molar-refractivity contribution is 6.30. The minimum Gasteiger partial charge on any atom is -0.379 e. The van der Waals surface area contributed by atoms with Gasteiger partial charge in [0, 0.05) is 36.9 Å². The summed E-state index contributed by atoms with van der Waals surface area (Å²) in [5, 5.41) is 6.26. The molecule has 0 aromatic carbocycles. The molecule has 1 aromatic rings. The fraction of sp³-hybridized carbons (Fsp3) is 0.571. The maximum absolute atomic E-state index is 11.8. The van der Waals surface area contributed by atoms with Gasteiger partial charge in [-0.15, -0.1) is 0 Å². The number of hydrogen-bond donors (Lipinski definition) is 2. The van der Waals surface area contributed by atoms with E-state index in [4.69, 9.17) is 16.3 Å². The van der Waals surface area contributed by atoms with E-state index >= 15 is 0 Å². The molecule has 1 aromatic heterocycles. The highest BCUT2D eigenvalue weighted by Gasteiger charge is 2.17. The van der Waals surface area contributed by atoms with E-state index in [2.05, 4.69) is 27.4 Å². The molecule has 1 atom stereocenters. The molecule has 1 aliphatic heterocycles. The second-order valence-corrected chi connectivity index (χ2v) is 5.46. The average molecular weight is 313 g/mol. The molecule has 0 unspecified atom stereocenters. The van der Waals surface area contributed by atoms with Crippen LogP contribution < -0.4 is 10.6 Å². The normalized spacial score (nSPS) is 17.2. The number of halogens is 1. The molecular weight excluding hydrogens is 292 g/mol. The Balaban J connectivity index is 1.67. The van der Waals surface area contributed by atoms with Crippen LogP contribution >= 0.6 is 11.6 Å². The lowest BCUT2D eigenvalue weighted by Gasteiger charge is -2.32. The van der Waals surface area contributed by atoms with Gasteiger partial charge in [0.15, 0.2) is 0 Å². The standard InChI is InChI=1S/C14H21ClN4O2/c1-11(19-4-6-21-7-5-19)9-17-14(20)18-10-13-8-12(15)2-3-16-13/h2-3,8,11H,4-7,9-10H2,1H3,(H2,17,18,20)/t11-/m1/s1. The molecule has 7 heteroatoms. The molecule has 2 rings (SSSR count). The van der Waals surface area contributed by atoms with E-state index in [1.54, 1.807) is 18.3 Å². The predicted octanol–water partition coefficient (Wildman–Crippen LogP) is 1.25. The summed E-state index contributed by atoms with van der Waals surface area (Å²) in [5.41, 5.74) is 0.735. The molecular formula is C14H21ClN4O2. The third kappa shape index (κ3) is 5.49. The number of carbonyl (C=O) groups is 1. The Morgan fingerprint density at radius 3 is 2.95 bits per heavy atom. The molecule has 116 valence electrons. The number of nitrogens with zero attached hydrogens (tertiary/aromatic N) is 2. The Morgan fingerprint density at radius 2 is 2.24 bits per heavy atom. The van der Waals surface area contributed by atoms with Crippen LogP contribution in [-0.2, 0) is 11.3 Å². The molecule has 21 heavy (non-hydrogen) atoms. The number of nitrogens with one attached hydrogen (secondary N) is 2. The molecule has 2 heterocycles. The van der Waals surface area contributed by atoms with Crippen LogP contribution in [-0.4, -0.2) is 54.8 Å². The first-order chi connectivity index (χ1) is 10.1. The molecule has 0 saturated carbocycles. The highest BCUT2D eigenvalue weighted by atomic mass is 35.5. The summed E-state index contributed by atoms with van der Waals surface area (Å²) in [7, 11) is 0. The van der Waals surface area contributed by atoms with Crippen molar-refractivity contribution in [2.45, 2.75) is 19.5 Å². The number of ether oxygens (including phenoxy) is 1. The number of urea groups is 1. The lowest BCUT2D eigenvalue weighted by atomic mass is 10.2. The average Bonchev–Trinajstić information content (AvgIpc) is 2.51. The van der Waals surface area contributed by atoms with E-state index in [0.717, 1.165) is 32.0 Å². The lowest BCUT2D eigenvalue weighted by molar-refractivity contribution is 0.0209. The summed E-state index contributed by atoms with van der Waals surface area (Å²) in [5.74, 6) is 0. The summed E-state index contributed by atoms with van der Waals surface area (Å²) in [6.07, 6.45) is 1.62. The predicted molar refractivity (Wildman–Crippen MR) is 81.3 cm³/mol. The minimum absolute atomic E-state index is 0.197. The Bertz CT molecular complexity index is 466. The summed E-state index contributed by atoms with van der Waals surface area (Å²) in [6, 6.07) is 3.54. The number of hydrogen-bond acceptors (Lipinski definition) is 4. The van der Waals surface area contributed by atoms with Gasteiger partial charge in [-0.2, -0.15) is 0 Å². The van der Waals surface area contributed by atoms with Crippen LogP contribution in [0.4, 0.5) is 4.79 Å². The van der Waals surface area contributed by atoms with Gasteiger partial charge in [0.1, 0.15) is 0 Å². The zero-order valence-electron chi connectivity index (χ0n) is 12.1. The van der Waals surface area contributed by atoms with Gasteiger partial charge in [-0.25, -0.2) is 4.79 Å². The Morgan fingerprint density at radius 1 is 1.48 bits per heavy atom. The number of amides is 2. The van der Waals surface area contributed by atoms with Crippen molar-refractivity contribution < 1.29 is 9.53 Å². The molecule has 6 nitrogen and oxygen atoms in total. The summed E-state index contributed by atoms with van der Waals surface area (Å²) >= 11 is 5.86. The van der Waals surface area contributed by atoms with Crippen LogP contribution in [0.15, 0.2) is 18.3 Å². The van der Waals surface area contributed by atoms with Crippen molar-refractivity contribution in [3.05, 3.63) is 29.0 Å². The van der Waals surface area contributed by atoms with E-state index in [1.807, 2.05) is 0 Å².